The first-order valence-corrected chi connectivity index (χ1v) is 6.26. The van der Waals surface area contributed by atoms with Crippen molar-refractivity contribution in [2.45, 2.75) is 19.9 Å². The molecule has 7 nitrogen and oxygen atoms in total. The van der Waals surface area contributed by atoms with Crippen LogP contribution in [-0.2, 0) is 14.3 Å². The van der Waals surface area contributed by atoms with Gasteiger partial charge in [0.05, 0.1) is 18.7 Å². The van der Waals surface area contributed by atoms with Crippen LogP contribution in [-0.4, -0.2) is 42.0 Å². The van der Waals surface area contributed by atoms with E-state index in [0.717, 1.165) is 0 Å². The Kier molecular flexibility index (Phi) is 3.97. The fraction of sp³-hybridized carbons (Fsp3) is 0.385. The monoisotopic (exact) mass is 277 g/mol. The molecule has 20 heavy (non-hydrogen) atoms. The predicted molar refractivity (Wildman–Crippen MR) is 70.2 cm³/mol. The lowest BCUT2D eigenvalue weighted by Crippen LogP contribution is -2.57. The van der Waals surface area contributed by atoms with E-state index in [4.69, 9.17) is 4.74 Å². The van der Waals surface area contributed by atoms with Crippen LogP contribution < -0.4 is 10.2 Å². The van der Waals surface area contributed by atoms with Crippen molar-refractivity contribution in [3.8, 4) is 0 Å². The Morgan fingerprint density at radius 1 is 1.50 bits per heavy atom. The summed E-state index contributed by atoms with van der Waals surface area (Å²) in [6.45, 7) is 3.75. The van der Waals surface area contributed by atoms with Crippen molar-refractivity contribution in [2.24, 2.45) is 0 Å². The quantitative estimate of drug-likeness (QED) is 0.623. The molecule has 2 heterocycles. The first-order chi connectivity index (χ1) is 9.52. The highest BCUT2D eigenvalue weighted by Gasteiger charge is 2.31. The Labute approximate surface area is 115 Å². The molecule has 2 rings (SSSR count). The summed E-state index contributed by atoms with van der Waals surface area (Å²) in [5.74, 6) is -0.720. The number of carbonyl (C=O) groups is 3. The number of anilines is 1. The molecule has 0 saturated carbocycles. The average molecular weight is 277 g/mol. The number of amides is 2. The third-order valence-corrected chi connectivity index (χ3v) is 2.98. The lowest BCUT2D eigenvalue weighted by Gasteiger charge is -2.32. The minimum Gasteiger partial charge on any atom is -0.462 e. The van der Waals surface area contributed by atoms with Gasteiger partial charge in [-0.15, -0.1) is 0 Å². The first-order valence-electron chi connectivity index (χ1n) is 6.26. The highest BCUT2D eigenvalue weighted by molar-refractivity contribution is 6.04. The van der Waals surface area contributed by atoms with E-state index in [2.05, 4.69) is 10.3 Å². The lowest BCUT2D eigenvalue weighted by molar-refractivity contribution is -0.132. The molecule has 0 aliphatic carbocycles. The van der Waals surface area contributed by atoms with Gasteiger partial charge >= 0.3 is 5.97 Å². The summed E-state index contributed by atoms with van der Waals surface area (Å²) in [6.07, 6.45) is 1.37. The number of carbonyl (C=O) groups excluding carboxylic acids is 3. The third kappa shape index (κ3) is 2.76. The minimum atomic E-state index is -0.492. The highest BCUT2D eigenvalue weighted by Crippen LogP contribution is 2.17. The van der Waals surface area contributed by atoms with Crippen LogP contribution in [0.3, 0.4) is 0 Å². The zero-order valence-corrected chi connectivity index (χ0v) is 11.3. The molecule has 1 atom stereocenters. The molecule has 0 aromatic carbocycles. The molecule has 1 aliphatic heterocycles. The number of rotatable bonds is 3. The minimum absolute atomic E-state index is 0.0542. The number of pyridine rings is 1. The molecule has 1 fully saturated rings. The van der Waals surface area contributed by atoms with E-state index in [1.54, 1.807) is 30.9 Å². The third-order valence-electron chi connectivity index (χ3n) is 2.98. The summed E-state index contributed by atoms with van der Waals surface area (Å²) in [5, 5.41) is 2.25. The van der Waals surface area contributed by atoms with Gasteiger partial charge in [-0.3, -0.25) is 14.9 Å². The molecule has 1 saturated heterocycles. The summed E-state index contributed by atoms with van der Waals surface area (Å²) in [7, 11) is 0. The number of esters is 1. The fourth-order valence-electron chi connectivity index (χ4n) is 1.89. The molecule has 1 aromatic rings. The number of piperazine rings is 1. The maximum atomic E-state index is 11.6. The van der Waals surface area contributed by atoms with Crippen molar-refractivity contribution in [2.75, 3.05) is 18.1 Å². The summed E-state index contributed by atoms with van der Waals surface area (Å²) in [4.78, 5) is 40.2. The van der Waals surface area contributed by atoms with Crippen LogP contribution in [0, 0.1) is 0 Å². The van der Waals surface area contributed by atoms with Crippen molar-refractivity contribution in [1.82, 2.24) is 10.3 Å². The van der Waals surface area contributed by atoms with E-state index in [0.29, 0.717) is 18.0 Å². The van der Waals surface area contributed by atoms with Gasteiger partial charge in [0.2, 0.25) is 11.8 Å². The van der Waals surface area contributed by atoms with Crippen LogP contribution in [0.5, 0.6) is 0 Å². The van der Waals surface area contributed by atoms with E-state index >= 15 is 0 Å². The second-order valence-electron chi connectivity index (χ2n) is 4.34. The van der Waals surface area contributed by atoms with E-state index in [9.17, 15) is 14.4 Å². The summed E-state index contributed by atoms with van der Waals surface area (Å²) in [6, 6.07) is 2.66. The van der Waals surface area contributed by atoms with E-state index in [-0.39, 0.29) is 18.4 Å². The zero-order chi connectivity index (χ0) is 14.7. The van der Waals surface area contributed by atoms with Crippen LogP contribution in [0.4, 0.5) is 5.82 Å². The number of imide groups is 1. The van der Waals surface area contributed by atoms with Crippen LogP contribution in [0.25, 0.3) is 0 Å². The highest BCUT2D eigenvalue weighted by atomic mass is 16.5. The molecule has 106 valence electrons. The van der Waals surface area contributed by atoms with Crippen LogP contribution >= 0.6 is 0 Å². The van der Waals surface area contributed by atoms with Gasteiger partial charge in [0.15, 0.2) is 0 Å². The molecule has 1 aromatic heterocycles. The molecule has 1 aliphatic rings. The van der Waals surface area contributed by atoms with Crippen LogP contribution in [0.1, 0.15) is 24.2 Å². The molecule has 0 bridgehead atoms. The van der Waals surface area contributed by atoms with Gasteiger partial charge in [-0.25, -0.2) is 9.78 Å². The van der Waals surface area contributed by atoms with Crippen LogP contribution in [0.2, 0.25) is 0 Å². The van der Waals surface area contributed by atoms with Gasteiger partial charge in [0.1, 0.15) is 11.9 Å². The summed E-state index contributed by atoms with van der Waals surface area (Å²) in [5.41, 5.74) is 0.330. The Morgan fingerprint density at radius 3 is 2.85 bits per heavy atom. The van der Waals surface area contributed by atoms with Crippen molar-refractivity contribution in [1.29, 1.82) is 0 Å². The van der Waals surface area contributed by atoms with E-state index in [1.165, 1.54) is 6.20 Å². The number of nitrogens with zero attached hydrogens (tertiary/aromatic N) is 2. The number of ether oxygens (including phenoxy) is 1. The van der Waals surface area contributed by atoms with Gasteiger partial charge in [-0.05, 0) is 26.0 Å². The fourth-order valence-corrected chi connectivity index (χ4v) is 1.89. The molecule has 2 amide bonds. The van der Waals surface area contributed by atoms with E-state index in [1.807, 2.05) is 0 Å². The van der Waals surface area contributed by atoms with Crippen molar-refractivity contribution < 1.29 is 19.1 Å². The van der Waals surface area contributed by atoms with Gasteiger partial charge in [0, 0.05) is 6.20 Å². The predicted octanol–water partition coefficient (Wildman–Crippen LogP) is 0.110. The van der Waals surface area contributed by atoms with Gasteiger partial charge in [-0.1, -0.05) is 0 Å². The average Bonchev–Trinajstić information content (AvgIpc) is 2.43. The normalized spacial score (nSPS) is 18.7. The number of hydrogen-bond donors (Lipinski definition) is 1. The molecule has 0 spiro atoms. The second-order valence-corrected chi connectivity index (χ2v) is 4.34. The molecular formula is C13H15N3O4. The maximum absolute atomic E-state index is 11.6. The molecule has 0 radical (unpaired) electrons. The molecular weight excluding hydrogens is 262 g/mol. The molecule has 7 heteroatoms. The van der Waals surface area contributed by atoms with Crippen molar-refractivity contribution in [3.63, 3.8) is 0 Å². The van der Waals surface area contributed by atoms with Gasteiger partial charge in [-0.2, -0.15) is 0 Å². The zero-order valence-electron chi connectivity index (χ0n) is 11.3. The lowest BCUT2D eigenvalue weighted by atomic mass is 10.2. The number of hydrogen-bond acceptors (Lipinski definition) is 6. The summed E-state index contributed by atoms with van der Waals surface area (Å²) >= 11 is 0. The standard InChI is InChI=1S/C13H15N3O4/c1-3-20-13(19)9-4-5-10(14-6-9)16-7-11(17)15-12(18)8(16)2/h4-6,8H,3,7H2,1-2H3,(H,15,17,18). The van der Waals surface area contributed by atoms with E-state index < -0.39 is 12.0 Å². The Morgan fingerprint density at radius 2 is 2.25 bits per heavy atom. The van der Waals surface area contributed by atoms with Crippen molar-refractivity contribution in [3.05, 3.63) is 23.9 Å². The Hall–Kier alpha value is -2.44. The van der Waals surface area contributed by atoms with Gasteiger partial charge < -0.3 is 9.64 Å². The molecule has 1 unspecified atom stereocenters. The topological polar surface area (TPSA) is 88.6 Å². The van der Waals surface area contributed by atoms with Crippen molar-refractivity contribution >= 4 is 23.6 Å². The number of nitrogens with one attached hydrogen (secondary N) is 1. The number of aromatic nitrogens is 1. The molecule has 1 N–H and O–H groups in total. The Bertz CT molecular complexity index is 541. The van der Waals surface area contributed by atoms with Crippen LogP contribution in [0.15, 0.2) is 18.3 Å². The second kappa shape index (κ2) is 5.68. The summed E-state index contributed by atoms with van der Waals surface area (Å²) < 4.78 is 4.86. The SMILES string of the molecule is CCOC(=O)c1ccc(N2CC(=O)NC(=O)C2C)nc1. The smallest absolute Gasteiger partial charge is 0.339 e. The largest absolute Gasteiger partial charge is 0.462 e. The Balaban J connectivity index is 2.19. The van der Waals surface area contributed by atoms with Gasteiger partial charge in [0.25, 0.3) is 0 Å². The maximum Gasteiger partial charge on any atom is 0.339 e. The first kappa shape index (κ1) is 14.0.